The van der Waals surface area contributed by atoms with Crippen molar-refractivity contribution in [2.45, 2.75) is 45.2 Å². The smallest absolute Gasteiger partial charge is 0.106 e. The van der Waals surface area contributed by atoms with E-state index in [1.54, 1.807) is 7.11 Å². The summed E-state index contributed by atoms with van der Waals surface area (Å²) in [6.45, 7) is 5.92. The highest BCUT2D eigenvalue weighted by Gasteiger charge is 2.39. The molecule has 0 spiro atoms. The Balaban J connectivity index is 2.67. The third kappa shape index (κ3) is 1.63. The zero-order chi connectivity index (χ0) is 9.30. The minimum absolute atomic E-state index is 0.0938. The molecule has 1 aliphatic heterocycles. The number of aliphatic hydroxyl groups is 1. The van der Waals surface area contributed by atoms with Crippen molar-refractivity contribution in [1.82, 2.24) is 0 Å². The molecule has 0 radical (unpaired) electrons. The van der Waals surface area contributed by atoms with Gasteiger partial charge in [-0.25, -0.2) is 0 Å². The van der Waals surface area contributed by atoms with E-state index in [0.717, 1.165) is 0 Å². The van der Waals surface area contributed by atoms with Gasteiger partial charge in [0.15, 0.2) is 0 Å². The summed E-state index contributed by atoms with van der Waals surface area (Å²) < 4.78 is 10.7. The van der Waals surface area contributed by atoms with Gasteiger partial charge in [-0.2, -0.15) is 0 Å². The van der Waals surface area contributed by atoms with Gasteiger partial charge in [-0.15, -0.1) is 0 Å². The summed E-state index contributed by atoms with van der Waals surface area (Å²) in [6.07, 6.45) is -0.556. The Morgan fingerprint density at radius 2 is 1.75 bits per heavy atom. The molecule has 1 fully saturated rings. The second-order valence-corrected chi connectivity index (χ2v) is 3.60. The molecule has 3 heteroatoms. The van der Waals surface area contributed by atoms with Gasteiger partial charge in [-0.05, 0) is 13.8 Å². The quantitative estimate of drug-likeness (QED) is 0.639. The van der Waals surface area contributed by atoms with Crippen molar-refractivity contribution in [3.63, 3.8) is 0 Å². The van der Waals surface area contributed by atoms with E-state index in [1.807, 2.05) is 20.8 Å². The fourth-order valence-electron chi connectivity index (χ4n) is 1.74. The zero-order valence-electron chi connectivity index (χ0n) is 8.15. The van der Waals surface area contributed by atoms with Crippen LogP contribution in [0.5, 0.6) is 0 Å². The molecule has 3 nitrogen and oxygen atoms in total. The summed E-state index contributed by atoms with van der Waals surface area (Å²) in [6, 6.07) is 0. The molecular formula is C9H18O3. The Kier molecular flexibility index (Phi) is 3.09. The molecule has 0 aromatic carbocycles. The SMILES string of the molecule is CO[C@@H]1[C@@H](C)[C@H](C)O[C@@H](C)[C@@H]1O. The molecule has 1 saturated heterocycles. The van der Waals surface area contributed by atoms with Crippen LogP contribution in [0.1, 0.15) is 20.8 Å². The number of hydrogen-bond acceptors (Lipinski definition) is 3. The third-order valence-electron chi connectivity index (χ3n) is 2.78. The lowest BCUT2D eigenvalue weighted by Gasteiger charge is -2.40. The van der Waals surface area contributed by atoms with Gasteiger partial charge >= 0.3 is 0 Å². The summed E-state index contributed by atoms with van der Waals surface area (Å²) in [5, 5.41) is 9.68. The molecule has 0 amide bonds. The number of aliphatic hydroxyl groups excluding tert-OH is 1. The van der Waals surface area contributed by atoms with Gasteiger partial charge in [0.2, 0.25) is 0 Å². The first kappa shape index (κ1) is 9.96. The van der Waals surface area contributed by atoms with E-state index in [9.17, 15) is 5.11 Å². The molecule has 0 unspecified atom stereocenters. The van der Waals surface area contributed by atoms with Crippen molar-refractivity contribution in [3.8, 4) is 0 Å². The zero-order valence-corrected chi connectivity index (χ0v) is 8.15. The van der Waals surface area contributed by atoms with Crippen molar-refractivity contribution in [2.75, 3.05) is 7.11 Å². The molecule has 0 saturated carbocycles. The number of ether oxygens (including phenoxy) is 2. The molecule has 5 atom stereocenters. The molecule has 1 rings (SSSR count). The Morgan fingerprint density at radius 3 is 2.25 bits per heavy atom. The van der Waals surface area contributed by atoms with E-state index in [0.29, 0.717) is 0 Å². The van der Waals surface area contributed by atoms with Gasteiger partial charge in [0.1, 0.15) is 6.10 Å². The second kappa shape index (κ2) is 3.73. The van der Waals surface area contributed by atoms with Crippen LogP contribution in [0.3, 0.4) is 0 Å². The van der Waals surface area contributed by atoms with E-state index in [1.165, 1.54) is 0 Å². The van der Waals surface area contributed by atoms with Crippen molar-refractivity contribution in [3.05, 3.63) is 0 Å². The van der Waals surface area contributed by atoms with Gasteiger partial charge < -0.3 is 14.6 Å². The Bertz CT molecular complexity index is 135. The van der Waals surface area contributed by atoms with Crippen LogP contribution >= 0.6 is 0 Å². The monoisotopic (exact) mass is 174 g/mol. The predicted molar refractivity (Wildman–Crippen MR) is 46.0 cm³/mol. The van der Waals surface area contributed by atoms with Crippen LogP contribution < -0.4 is 0 Å². The maximum Gasteiger partial charge on any atom is 0.106 e. The summed E-state index contributed by atoms with van der Waals surface area (Å²) in [5.41, 5.74) is 0. The summed E-state index contributed by atoms with van der Waals surface area (Å²) in [7, 11) is 1.63. The number of hydrogen-bond donors (Lipinski definition) is 1. The van der Waals surface area contributed by atoms with Crippen LogP contribution in [0.2, 0.25) is 0 Å². The van der Waals surface area contributed by atoms with Crippen molar-refractivity contribution < 1.29 is 14.6 Å². The van der Waals surface area contributed by atoms with E-state index in [2.05, 4.69) is 0 Å². The fraction of sp³-hybridized carbons (Fsp3) is 1.00. The molecule has 0 aromatic heterocycles. The Morgan fingerprint density at radius 1 is 1.17 bits per heavy atom. The van der Waals surface area contributed by atoms with Crippen LogP contribution in [0.25, 0.3) is 0 Å². The lowest BCUT2D eigenvalue weighted by molar-refractivity contribution is -0.193. The van der Waals surface area contributed by atoms with Gasteiger partial charge in [0.05, 0.1) is 18.3 Å². The van der Waals surface area contributed by atoms with Crippen LogP contribution in [-0.2, 0) is 9.47 Å². The lowest BCUT2D eigenvalue weighted by atomic mass is 9.89. The van der Waals surface area contributed by atoms with E-state index < -0.39 is 6.10 Å². The Labute approximate surface area is 73.7 Å². The first-order valence-corrected chi connectivity index (χ1v) is 4.44. The van der Waals surface area contributed by atoms with Crippen LogP contribution in [0.15, 0.2) is 0 Å². The maximum atomic E-state index is 9.68. The minimum Gasteiger partial charge on any atom is -0.388 e. The van der Waals surface area contributed by atoms with Gasteiger partial charge in [0, 0.05) is 13.0 Å². The molecule has 1 N–H and O–H groups in total. The normalized spacial score (nSPS) is 49.2. The molecule has 0 bridgehead atoms. The largest absolute Gasteiger partial charge is 0.388 e. The standard InChI is InChI=1S/C9H18O3/c1-5-6(2)12-7(3)8(10)9(5)11-4/h5-10H,1-4H3/t5-,6-,7-,8-,9+/m0/s1. The van der Waals surface area contributed by atoms with E-state index in [4.69, 9.17) is 9.47 Å². The molecule has 1 aliphatic rings. The molecule has 0 aromatic rings. The first-order valence-electron chi connectivity index (χ1n) is 4.44. The predicted octanol–water partition coefficient (Wildman–Crippen LogP) is 0.806. The molecule has 72 valence electrons. The maximum absolute atomic E-state index is 9.68. The molecule has 0 aliphatic carbocycles. The van der Waals surface area contributed by atoms with Crippen molar-refractivity contribution in [1.29, 1.82) is 0 Å². The summed E-state index contributed by atoms with van der Waals surface area (Å²) in [5.74, 6) is 0.251. The number of methoxy groups -OCH3 is 1. The molecular weight excluding hydrogens is 156 g/mol. The second-order valence-electron chi connectivity index (χ2n) is 3.60. The molecule has 12 heavy (non-hydrogen) atoms. The third-order valence-corrected chi connectivity index (χ3v) is 2.78. The van der Waals surface area contributed by atoms with E-state index in [-0.39, 0.29) is 24.2 Å². The molecule has 1 heterocycles. The highest BCUT2D eigenvalue weighted by Crippen LogP contribution is 2.27. The average molecular weight is 174 g/mol. The summed E-state index contributed by atoms with van der Waals surface area (Å²) in [4.78, 5) is 0. The fourth-order valence-corrected chi connectivity index (χ4v) is 1.74. The Hall–Kier alpha value is -0.120. The highest BCUT2D eigenvalue weighted by atomic mass is 16.5. The lowest BCUT2D eigenvalue weighted by Crippen LogP contribution is -2.52. The van der Waals surface area contributed by atoms with Crippen LogP contribution in [0.4, 0.5) is 0 Å². The first-order chi connectivity index (χ1) is 5.57. The van der Waals surface area contributed by atoms with E-state index >= 15 is 0 Å². The van der Waals surface area contributed by atoms with Crippen molar-refractivity contribution in [2.24, 2.45) is 5.92 Å². The van der Waals surface area contributed by atoms with Gasteiger partial charge in [-0.1, -0.05) is 6.92 Å². The van der Waals surface area contributed by atoms with Gasteiger partial charge in [-0.3, -0.25) is 0 Å². The number of rotatable bonds is 1. The van der Waals surface area contributed by atoms with Gasteiger partial charge in [0.25, 0.3) is 0 Å². The summed E-state index contributed by atoms with van der Waals surface area (Å²) >= 11 is 0. The minimum atomic E-state index is -0.499. The highest BCUT2D eigenvalue weighted by molar-refractivity contribution is 4.87. The van der Waals surface area contributed by atoms with Crippen LogP contribution in [-0.4, -0.2) is 36.6 Å². The van der Waals surface area contributed by atoms with Crippen molar-refractivity contribution >= 4 is 0 Å². The average Bonchev–Trinajstić information content (AvgIpc) is 2.02. The topological polar surface area (TPSA) is 38.7 Å². The van der Waals surface area contributed by atoms with Crippen LogP contribution in [0, 0.1) is 5.92 Å².